The zero-order valence-corrected chi connectivity index (χ0v) is 18.9. The summed E-state index contributed by atoms with van der Waals surface area (Å²) in [5, 5.41) is 5.35. The van der Waals surface area contributed by atoms with Gasteiger partial charge in [0.2, 0.25) is 0 Å². The van der Waals surface area contributed by atoms with E-state index in [1.54, 1.807) is 24.8 Å². The second kappa shape index (κ2) is 7.42. The van der Waals surface area contributed by atoms with E-state index in [9.17, 15) is 4.21 Å². The Morgan fingerprint density at radius 2 is 2.00 bits per heavy atom. The Kier molecular flexibility index (Phi) is 4.51. The van der Waals surface area contributed by atoms with Crippen molar-refractivity contribution in [2.24, 2.45) is 7.05 Å². The van der Waals surface area contributed by atoms with E-state index in [0.29, 0.717) is 16.9 Å². The third-order valence-electron chi connectivity index (χ3n) is 5.92. The Labute approximate surface area is 190 Å². The predicted molar refractivity (Wildman–Crippen MR) is 127 cm³/mol. The zero-order valence-electron chi connectivity index (χ0n) is 17.2. The maximum absolute atomic E-state index is 13.2. The normalized spacial score (nSPS) is 15.3. The lowest BCUT2D eigenvalue weighted by Gasteiger charge is -2.23. The molecular weight excluding hydrogens is 442 g/mol. The van der Waals surface area contributed by atoms with Gasteiger partial charge in [-0.3, -0.25) is 13.9 Å². The van der Waals surface area contributed by atoms with Crippen LogP contribution < -0.4 is 5.73 Å². The molecule has 1 fully saturated rings. The van der Waals surface area contributed by atoms with Gasteiger partial charge in [0, 0.05) is 53.6 Å². The Morgan fingerprint density at radius 1 is 1.16 bits per heavy atom. The molecule has 6 rings (SSSR count). The first kappa shape index (κ1) is 19.4. The van der Waals surface area contributed by atoms with Crippen molar-refractivity contribution in [1.82, 2.24) is 29.7 Å². The molecule has 0 spiro atoms. The van der Waals surface area contributed by atoms with Crippen LogP contribution in [0, 0.1) is 0 Å². The summed E-state index contributed by atoms with van der Waals surface area (Å²) in [6.07, 6.45) is 9.87. The summed E-state index contributed by atoms with van der Waals surface area (Å²) in [7, 11) is 0.778. The lowest BCUT2D eigenvalue weighted by atomic mass is 10.0. The summed E-state index contributed by atoms with van der Waals surface area (Å²) in [5.74, 6) is 0. The molecule has 32 heavy (non-hydrogen) atoms. The number of aromatic nitrogens is 6. The van der Waals surface area contributed by atoms with Crippen LogP contribution in [0.2, 0.25) is 0 Å². The molecule has 0 aliphatic heterocycles. The highest BCUT2D eigenvalue weighted by molar-refractivity contribution is 7.88. The first-order chi connectivity index (χ1) is 15.6. The second-order valence-electron chi connectivity index (χ2n) is 7.85. The van der Waals surface area contributed by atoms with E-state index in [0.717, 1.165) is 56.2 Å². The van der Waals surface area contributed by atoms with Crippen molar-refractivity contribution < 1.29 is 4.21 Å². The van der Waals surface area contributed by atoms with Crippen LogP contribution in [0.5, 0.6) is 0 Å². The molecule has 0 aromatic carbocycles. The summed E-state index contributed by atoms with van der Waals surface area (Å²) in [6.45, 7) is 0. The quantitative estimate of drug-likeness (QED) is 0.431. The van der Waals surface area contributed by atoms with Crippen molar-refractivity contribution in [1.29, 1.82) is 0 Å². The van der Waals surface area contributed by atoms with Gasteiger partial charge in [-0.1, -0.05) is 6.42 Å². The second-order valence-corrected chi connectivity index (χ2v) is 10.8. The van der Waals surface area contributed by atoms with Crippen molar-refractivity contribution in [2.75, 3.05) is 5.73 Å². The standard InChI is InChI=1S/C22H19N7OS2/c1-29-17(5-6-27-29)14-10-15(12-9-16-20(26-11-12)25-8-7-24-16)28-21-18(14)19(23)22(31-21)32(30)13-3-2-4-13/h5-11,13H,2-4,23H2,1H3. The van der Waals surface area contributed by atoms with Gasteiger partial charge in [0.25, 0.3) is 0 Å². The lowest BCUT2D eigenvalue weighted by molar-refractivity contribution is 0.505. The Bertz CT molecular complexity index is 1520. The maximum atomic E-state index is 13.2. The number of anilines is 1. The van der Waals surface area contributed by atoms with Gasteiger partial charge in [-0.2, -0.15) is 5.10 Å². The third-order valence-corrected chi connectivity index (χ3v) is 9.22. The van der Waals surface area contributed by atoms with Crippen LogP contribution in [0.15, 0.2) is 47.2 Å². The summed E-state index contributed by atoms with van der Waals surface area (Å²) in [4.78, 5) is 18.7. The highest BCUT2D eigenvalue weighted by Crippen LogP contribution is 2.44. The minimum atomic E-state index is -1.12. The summed E-state index contributed by atoms with van der Waals surface area (Å²) >= 11 is 1.43. The zero-order chi connectivity index (χ0) is 21.8. The van der Waals surface area contributed by atoms with Crippen molar-refractivity contribution in [3.63, 3.8) is 0 Å². The van der Waals surface area contributed by atoms with Gasteiger partial charge in [0.15, 0.2) is 5.65 Å². The first-order valence-electron chi connectivity index (χ1n) is 10.3. The van der Waals surface area contributed by atoms with Crippen molar-refractivity contribution in [3.8, 4) is 22.5 Å². The van der Waals surface area contributed by atoms with Crippen molar-refractivity contribution >= 4 is 49.2 Å². The number of nitrogen functional groups attached to an aromatic ring is 1. The molecule has 160 valence electrons. The van der Waals surface area contributed by atoms with Crippen molar-refractivity contribution in [3.05, 3.63) is 43.0 Å². The van der Waals surface area contributed by atoms with Gasteiger partial charge in [-0.15, -0.1) is 11.3 Å². The number of rotatable bonds is 4. The molecule has 1 atom stereocenters. The van der Waals surface area contributed by atoms with Crippen LogP contribution >= 0.6 is 11.3 Å². The summed E-state index contributed by atoms with van der Waals surface area (Å²) < 4.78 is 15.7. The van der Waals surface area contributed by atoms with Crippen LogP contribution in [-0.4, -0.2) is 39.2 Å². The molecule has 10 heteroatoms. The monoisotopic (exact) mass is 461 g/mol. The van der Waals surface area contributed by atoms with Crippen LogP contribution in [0.25, 0.3) is 43.9 Å². The molecule has 0 saturated heterocycles. The summed E-state index contributed by atoms with van der Waals surface area (Å²) in [5.41, 5.74) is 11.8. The van der Waals surface area contributed by atoms with Gasteiger partial charge in [0.1, 0.15) is 14.6 Å². The highest BCUT2D eigenvalue weighted by Gasteiger charge is 2.30. The molecule has 2 N–H and O–H groups in total. The molecule has 1 aliphatic rings. The average Bonchev–Trinajstić information content (AvgIpc) is 3.34. The molecule has 5 heterocycles. The highest BCUT2D eigenvalue weighted by atomic mass is 32.2. The van der Waals surface area contributed by atoms with Gasteiger partial charge in [-0.05, 0) is 31.0 Å². The molecule has 1 unspecified atom stereocenters. The number of aryl methyl sites for hydroxylation is 1. The largest absolute Gasteiger partial charge is 0.396 e. The van der Waals surface area contributed by atoms with Gasteiger partial charge in [-0.25, -0.2) is 15.0 Å². The number of nitrogens with zero attached hydrogens (tertiary/aromatic N) is 6. The van der Waals surface area contributed by atoms with E-state index in [-0.39, 0.29) is 5.25 Å². The van der Waals surface area contributed by atoms with E-state index in [1.807, 2.05) is 29.9 Å². The van der Waals surface area contributed by atoms with Crippen LogP contribution in [0.1, 0.15) is 19.3 Å². The average molecular weight is 462 g/mol. The number of hydrogen-bond donors (Lipinski definition) is 1. The topological polar surface area (TPSA) is 112 Å². The number of nitrogens with two attached hydrogens (primary N) is 1. The van der Waals surface area contributed by atoms with E-state index in [1.165, 1.54) is 11.3 Å². The number of pyridine rings is 2. The molecule has 1 saturated carbocycles. The third kappa shape index (κ3) is 3.01. The number of fused-ring (bicyclic) bond motifs is 2. The van der Waals surface area contributed by atoms with E-state index in [4.69, 9.17) is 10.7 Å². The molecule has 0 amide bonds. The fourth-order valence-electron chi connectivity index (χ4n) is 3.97. The molecule has 5 aromatic heterocycles. The summed E-state index contributed by atoms with van der Waals surface area (Å²) in [6, 6.07) is 5.88. The van der Waals surface area contributed by atoms with Crippen LogP contribution in [0.3, 0.4) is 0 Å². The Morgan fingerprint density at radius 3 is 2.75 bits per heavy atom. The Balaban J connectivity index is 1.60. The molecule has 0 radical (unpaired) electrons. The number of thiophene rings is 1. The van der Waals surface area contributed by atoms with Gasteiger partial charge >= 0.3 is 0 Å². The molecule has 5 aromatic rings. The molecule has 0 bridgehead atoms. The van der Waals surface area contributed by atoms with E-state index >= 15 is 0 Å². The molecule has 8 nitrogen and oxygen atoms in total. The molecule has 1 aliphatic carbocycles. The fraction of sp³-hybridized carbons (Fsp3) is 0.227. The lowest BCUT2D eigenvalue weighted by Crippen LogP contribution is -2.23. The van der Waals surface area contributed by atoms with Crippen molar-refractivity contribution in [2.45, 2.75) is 28.7 Å². The van der Waals surface area contributed by atoms with E-state index in [2.05, 4.69) is 20.1 Å². The number of hydrogen-bond acceptors (Lipinski definition) is 8. The predicted octanol–water partition coefficient (Wildman–Crippen LogP) is 3.94. The Hall–Kier alpha value is -3.24. The smallest absolute Gasteiger partial charge is 0.178 e. The van der Waals surface area contributed by atoms with Crippen LogP contribution in [-0.2, 0) is 17.8 Å². The van der Waals surface area contributed by atoms with Crippen LogP contribution in [0.4, 0.5) is 5.69 Å². The minimum Gasteiger partial charge on any atom is -0.396 e. The maximum Gasteiger partial charge on any atom is 0.178 e. The molecular formula is C22H19N7OS2. The van der Waals surface area contributed by atoms with E-state index < -0.39 is 10.8 Å². The first-order valence-corrected chi connectivity index (χ1v) is 12.3. The SMILES string of the molecule is Cn1nccc1-c1cc(-c2cnc3nccnc3c2)nc2sc(S(=O)C3CCC3)c(N)c12. The van der Waals surface area contributed by atoms with Gasteiger partial charge in [0.05, 0.1) is 27.9 Å². The fourth-order valence-corrected chi connectivity index (χ4v) is 7.18. The van der Waals surface area contributed by atoms with Gasteiger partial charge < -0.3 is 5.73 Å². The minimum absolute atomic E-state index is 0.188.